The molecule has 6 heteroatoms. The van der Waals surface area contributed by atoms with Crippen LogP contribution >= 0.6 is 0 Å². The molecule has 24 heavy (non-hydrogen) atoms. The van der Waals surface area contributed by atoms with Crippen molar-refractivity contribution in [1.82, 2.24) is 19.8 Å². The van der Waals surface area contributed by atoms with Gasteiger partial charge in [-0.1, -0.05) is 19.0 Å². The summed E-state index contributed by atoms with van der Waals surface area (Å²) in [7, 11) is 1.95. The first-order valence-corrected chi connectivity index (χ1v) is 8.60. The molecule has 2 aromatic rings. The lowest BCUT2D eigenvalue weighted by Crippen LogP contribution is -2.32. The summed E-state index contributed by atoms with van der Waals surface area (Å²) in [6, 6.07) is 0.0838. The van der Waals surface area contributed by atoms with Crippen LogP contribution in [0, 0.1) is 20.8 Å². The standard InChI is InChI=1S/C18H26N4O2/c1-10(2)17-16(12(4)20-24-17)18(23)22-9-7-8-14(22)15-11(3)19-21(6)13(15)5/h10,14H,7-9H2,1-6H3/t14-/m1/s1. The van der Waals surface area contributed by atoms with Gasteiger partial charge in [0.1, 0.15) is 5.56 Å². The second-order valence-electron chi connectivity index (χ2n) is 7.03. The molecule has 6 nitrogen and oxygen atoms in total. The summed E-state index contributed by atoms with van der Waals surface area (Å²) in [6.45, 7) is 10.7. The molecular weight excluding hydrogens is 304 g/mol. The molecule has 0 unspecified atom stereocenters. The summed E-state index contributed by atoms with van der Waals surface area (Å²) < 4.78 is 7.31. The molecular formula is C18H26N4O2. The summed E-state index contributed by atoms with van der Waals surface area (Å²) in [5.41, 5.74) is 4.63. The number of carbonyl (C=O) groups excluding carboxylic acids is 1. The Morgan fingerprint density at radius 2 is 1.96 bits per heavy atom. The van der Waals surface area contributed by atoms with Crippen LogP contribution in [0.4, 0.5) is 0 Å². The fourth-order valence-electron chi connectivity index (χ4n) is 3.77. The monoisotopic (exact) mass is 330 g/mol. The van der Waals surface area contributed by atoms with Crippen molar-refractivity contribution in [3.8, 4) is 0 Å². The number of carbonyl (C=O) groups is 1. The molecule has 1 amide bonds. The van der Waals surface area contributed by atoms with Gasteiger partial charge in [-0.15, -0.1) is 0 Å². The number of aromatic nitrogens is 3. The van der Waals surface area contributed by atoms with Crippen LogP contribution in [0.25, 0.3) is 0 Å². The smallest absolute Gasteiger partial charge is 0.259 e. The number of rotatable bonds is 3. The Hall–Kier alpha value is -2.11. The van der Waals surface area contributed by atoms with Crippen molar-refractivity contribution in [3.05, 3.63) is 34.0 Å². The van der Waals surface area contributed by atoms with Gasteiger partial charge < -0.3 is 9.42 Å². The molecule has 2 aromatic heterocycles. The lowest BCUT2D eigenvalue weighted by Gasteiger charge is -2.25. The Morgan fingerprint density at radius 1 is 1.25 bits per heavy atom. The third-order valence-electron chi connectivity index (χ3n) is 5.04. The van der Waals surface area contributed by atoms with Crippen LogP contribution in [0.2, 0.25) is 0 Å². The van der Waals surface area contributed by atoms with Crippen LogP contribution in [-0.4, -0.2) is 32.3 Å². The third kappa shape index (κ3) is 2.54. The topological polar surface area (TPSA) is 64.2 Å². The van der Waals surface area contributed by atoms with Gasteiger partial charge in [0, 0.05) is 30.8 Å². The van der Waals surface area contributed by atoms with Crippen LogP contribution in [0.1, 0.15) is 77.4 Å². The maximum atomic E-state index is 13.3. The summed E-state index contributed by atoms with van der Waals surface area (Å²) in [4.78, 5) is 15.2. The predicted molar refractivity (Wildman–Crippen MR) is 91.0 cm³/mol. The predicted octanol–water partition coefficient (Wildman–Crippen LogP) is 3.43. The zero-order valence-corrected chi connectivity index (χ0v) is 15.4. The maximum Gasteiger partial charge on any atom is 0.259 e. The van der Waals surface area contributed by atoms with Gasteiger partial charge in [-0.05, 0) is 33.6 Å². The summed E-state index contributed by atoms with van der Waals surface area (Å²) in [6.07, 6.45) is 1.98. The quantitative estimate of drug-likeness (QED) is 0.865. The minimum atomic E-state index is 0.0302. The molecule has 1 aliphatic rings. The highest BCUT2D eigenvalue weighted by molar-refractivity contribution is 5.96. The highest BCUT2D eigenvalue weighted by Gasteiger charge is 2.36. The minimum Gasteiger partial charge on any atom is -0.360 e. The minimum absolute atomic E-state index is 0.0302. The first kappa shape index (κ1) is 16.7. The van der Waals surface area contributed by atoms with E-state index < -0.39 is 0 Å². The van der Waals surface area contributed by atoms with E-state index in [-0.39, 0.29) is 17.9 Å². The molecule has 3 rings (SSSR count). The number of aryl methyl sites for hydroxylation is 3. The Kier molecular flexibility index (Phi) is 4.24. The number of amides is 1. The van der Waals surface area contributed by atoms with E-state index in [2.05, 4.69) is 17.2 Å². The van der Waals surface area contributed by atoms with Gasteiger partial charge in [0.25, 0.3) is 5.91 Å². The van der Waals surface area contributed by atoms with Crippen molar-refractivity contribution in [2.75, 3.05) is 6.54 Å². The van der Waals surface area contributed by atoms with E-state index in [1.165, 1.54) is 5.56 Å². The molecule has 0 aromatic carbocycles. The van der Waals surface area contributed by atoms with Crippen molar-refractivity contribution in [1.29, 1.82) is 0 Å². The van der Waals surface area contributed by atoms with E-state index >= 15 is 0 Å². The van der Waals surface area contributed by atoms with E-state index in [0.717, 1.165) is 30.8 Å². The molecule has 0 N–H and O–H groups in total. The fourth-order valence-corrected chi connectivity index (χ4v) is 3.77. The highest BCUT2D eigenvalue weighted by Crippen LogP contribution is 2.37. The maximum absolute atomic E-state index is 13.3. The largest absolute Gasteiger partial charge is 0.360 e. The lowest BCUT2D eigenvalue weighted by molar-refractivity contribution is 0.0731. The summed E-state index contributed by atoms with van der Waals surface area (Å²) in [5, 5.41) is 8.55. The first-order valence-electron chi connectivity index (χ1n) is 8.60. The van der Waals surface area contributed by atoms with Gasteiger partial charge in [-0.3, -0.25) is 9.48 Å². The molecule has 0 saturated carbocycles. The third-order valence-corrected chi connectivity index (χ3v) is 5.04. The molecule has 0 spiro atoms. The van der Waals surface area contributed by atoms with Gasteiger partial charge in [0.05, 0.1) is 17.4 Å². The molecule has 130 valence electrons. The van der Waals surface area contributed by atoms with Crippen molar-refractivity contribution in [3.63, 3.8) is 0 Å². The summed E-state index contributed by atoms with van der Waals surface area (Å²) >= 11 is 0. The molecule has 0 radical (unpaired) electrons. The zero-order valence-electron chi connectivity index (χ0n) is 15.4. The number of hydrogen-bond donors (Lipinski definition) is 0. The van der Waals surface area contributed by atoms with E-state index in [4.69, 9.17) is 4.52 Å². The van der Waals surface area contributed by atoms with Gasteiger partial charge in [-0.2, -0.15) is 5.10 Å². The molecule has 1 saturated heterocycles. The number of hydrogen-bond acceptors (Lipinski definition) is 4. The highest BCUT2D eigenvalue weighted by atomic mass is 16.5. The molecule has 1 atom stereocenters. The Labute approximate surface area is 142 Å². The van der Waals surface area contributed by atoms with Crippen molar-refractivity contribution < 1.29 is 9.32 Å². The molecule has 0 aliphatic carbocycles. The summed E-state index contributed by atoms with van der Waals surface area (Å²) in [5.74, 6) is 0.846. The van der Waals surface area contributed by atoms with Gasteiger partial charge in [0.15, 0.2) is 5.76 Å². The van der Waals surface area contributed by atoms with Gasteiger partial charge in [-0.25, -0.2) is 0 Å². The molecule has 1 fully saturated rings. The second kappa shape index (κ2) is 6.07. The van der Waals surface area contributed by atoms with E-state index in [1.54, 1.807) is 0 Å². The lowest BCUT2D eigenvalue weighted by atomic mass is 10.00. The zero-order chi connectivity index (χ0) is 17.6. The molecule has 3 heterocycles. The van der Waals surface area contributed by atoms with E-state index in [9.17, 15) is 4.79 Å². The Balaban J connectivity index is 2.00. The Bertz CT molecular complexity index is 772. The second-order valence-corrected chi connectivity index (χ2v) is 7.03. The van der Waals surface area contributed by atoms with Crippen LogP contribution < -0.4 is 0 Å². The average Bonchev–Trinajstić information content (AvgIpc) is 3.18. The first-order chi connectivity index (χ1) is 11.3. The molecule has 0 bridgehead atoms. The van der Waals surface area contributed by atoms with E-state index in [1.807, 2.05) is 44.3 Å². The van der Waals surface area contributed by atoms with Crippen LogP contribution in [-0.2, 0) is 7.05 Å². The Morgan fingerprint density at radius 3 is 2.54 bits per heavy atom. The van der Waals surface area contributed by atoms with Gasteiger partial charge in [0.2, 0.25) is 0 Å². The normalized spacial score (nSPS) is 18.0. The van der Waals surface area contributed by atoms with Crippen LogP contribution in [0.3, 0.4) is 0 Å². The van der Waals surface area contributed by atoms with Crippen LogP contribution in [0.15, 0.2) is 4.52 Å². The van der Waals surface area contributed by atoms with Gasteiger partial charge >= 0.3 is 0 Å². The van der Waals surface area contributed by atoms with E-state index in [0.29, 0.717) is 17.0 Å². The molecule has 1 aliphatic heterocycles. The number of nitrogens with zero attached hydrogens (tertiary/aromatic N) is 4. The van der Waals surface area contributed by atoms with Crippen molar-refractivity contribution >= 4 is 5.91 Å². The van der Waals surface area contributed by atoms with Crippen molar-refractivity contribution in [2.24, 2.45) is 7.05 Å². The van der Waals surface area contributed by atoms with Crippen molar-refractivity contribution in [2.45, 2.75) is 59.4 Å². The SMILES string of the molecule is Cc1noc(C(C)C)c1C(=O)N1CCC[C@@H]1c1c(C)nn(C)c1C. The van der Waals surface area contributed by atoms with Crippen LogP contribution in [0.5, 0.6) is 0 Å². The number of likely N-dealkylation sites (tertiary alicyclic amines) is 1. The average molecular weight is 330 g/mol. The fraction of sp³-hybridized carbons (Fsp3) is 0.611.